The maximum absolute atomic E-state index is 14.1. The highest BCUT2D eigenvalue weighted by Crippen LogP contribution is 2.34. The number of aromatic nitrogens is 2. The highest BCUT2D eigenvalue weighted by molar-refractivity contribution is 5.92. The highest BCUT2D eigenvalue weighted by atomic mass is 19.1. The molecule has 1 saturated carbocycles. The van der Waals surface area contributed by atoms with Gasteiger partial charge in [-0.3, -0.25) is 9.59 Å². The highest BCUT2D eigenvalue weighted by Gasteiger charge is 2.36. The van der Waals surface area contributed by atoms with Crippen molar-refractivity contribution in [1.29, 1.82) is 0 Å². The summed E-state index contributed by atoms with van der Waals surface area (Å²) in [6.07, 6.45) is 5.57. The number of allylic oxidation sites excluding steroid dienone is 2. The van der Waals surface area contributed by atoms with E-state index in [9.17, 15) is 18.4 Å². The van der Waals surface area contributed by atoms with Gasteiger partial charge in [-0.1, -0.05) is 33.8 Å². The number of amides is 1. The minimum atomic E-state index is -0.732. The van der Waals surface area contributed by atoms with E-state index in [0.29, 0.717) is 18.7 Å². The molecule has 0 spiro atoms. The Balaban J connectivity index is 0.00000109. The normalized spacial score (nSPS) is 17.4. The molecule has 0 aliphatic heterocycles. The van der Waals surface area contributed by atoms with Crippen molar-refractivity contribution >= 4 is 11.6 Å². The molecule has 1 aromatic heterocycles. The molecule has 0 bridgehead atoms. The minimum absolute atomic E-state index is 0.0215. The number of aromatic amines is 1. The van der Waals surface area contributed by atoms with Crippen LogP contribution in [-0.2, 0) is 0 Å². The lowest BCUT2D eigenvalue weighted by atomic mass is 9.86. The van der Waals surface area contributed by atoms with Gasteiger partial charge < -0.3 is 16.4 Å². The number of nitrogens with two attached hydrogens (primary N) is 2. The van der Waals surface area contributed by atoms with Crippen LogP contribution in [0.1, 0.15) is 75.9 Å². The largest absolute Gasteiger partial charge is 0.402 e. The van der Waals surface area contributed by atoms with E-state index in [0.717, 1.165) is 43.4 Å². The van der Waals surface area contributed by atoms with E-state index in [1.165, 1.54) is 24.3 Å². The number of nitrogens with zero attached hydrogens (tertiary/aromatic N) is 2. The van der Waals surface area contributed by atoms with Crippen LogP contribution in [0.4, 0.5) is 8.78 Å². The third kappa shape index (κ3) is 7.02. The summed E-state index contributed by atoms with van der Waals surface area (Å²) in [5, 5.41) is 6.15. The fourth-order valence-electron chi connectivity index (χ4n) is 4.11. The van der Waals surface area contributed by atoms with E-state index in [1.807, 2.05) is 27.7 Å². The lowest BCUT2D eigenvalue weighted by molar-refractivity contribution is 0.0710. The van der Waals surface area contributed by atoms with Crippen molar-refractivity contribution in [1.82, 2.24) is 15.1 Å². The fraction of sp³-hybridized carbons (Fsp3) is 0.444. The second-order valence-corrected chi connectivity index (χ2v) is 8.26. The SMILES string of the molecule is CC.CC.NC1=C(/C=C(\N)c2c(F)cccc2F)CCCC1CN(C(=O)c1ccc(=O)[nH]n1)C1CC1. The molecule has 0 saturated heterocycles. The first-order chi connectivity index (χ1) is 17.3. The second kappa shape index (κ2) is 13.6. The fourth-order valence-corrected chi connectivity index (χ4v) is 4.11. The van der Waals surface area contributed by atoms with Crippen molar-refractivity contribution in [3.8, 4) is 0 Å². The molecule has 1 atom stereocenters. The van der Waals surface area contributed by atoms with E-state index in [1.54, 1.807) is 4.90 Å². The number of hydrogen-bond acceptors (Lipinski definition) is 5. The average molecular weight is 502 g/mol. The van der Waals surface area contributed by atoms with Crippen LogP contribution in [0.3, 0.4) is 0 Å². The number of H-pyrrole nitrogens is 1. The Hall–Kier alpha value is -3.49. The Kier molecular flexibility index (Phi) is 10.8. The summed E-state index contributed by atoms with van der Waals surface area (Å²) in [7, 11) is 0. The zero-order chi connectivity index (χ0) is 26.8. The molecule has 1 heterocycles. The number of carbonyl (C=O) groups is 1. The predicted molar refractivity (Wildman–Crippen MR) is 139 cm³/mol. The maximum Gasteiger partial charge on any atom is 0.274 e. The predicted octanol–water partition coefficient (Wildman–Crippen LogP) is 4.72. The average Bonchev–Trinajstić information content (AvgIpc) is 3.72. The summed E-state index contributed by atoms with van der Waals surface area (Å²) < 4.78 is 28.2. The first kappa shape index (κ1) is 28.7. The maximum atomic E-state index is 14.1. The Morgan fingerprint density at radius 2 is 1.75 bits per heavy atom. The molecule has 9 heteroatoms. The zero-order valence-electron chi connectivity index (χ0n) is 21.5. The van der Waals surface area contributed by atoms with Gasteiger partial charge in [0.25, 0.3) is 11.5 Å². The molecule has 7 nitrogen and oxygen atoms in total. The number of benzene rings is 1. The van der Waals surface area contributed by atoms with Crippen molar-refractivity contribution in [3.05, 3.63) is 80.9 Å². The van der Waals surface area contributed by atoms with Crippen molar-refractivity contribution < 1.29 is 13.6 Å². The summed E-state index contributed by atoms with van der Waals surface area (Å²) in [5.41, 5.74) is 13.3. The van der Waals surface area contributed by atoms with Crippen molar-refractivity contribution in [2.75, 3.05) is 6.54 Å². The van der Waals surface area contributed by atoms with Crippen molar-refractivity contribution in [3.63, 3.8) is 0 Å². The van der Waals surface area contributed by atoms with E-state index >= 15 is 0 Å². The van der Waals surface area contributed by atoms with Crippen LogP contribution in [-0.4, -0.2) is 33.6 Å². The molecule has 2 aliphatic rings. The molecule has 4 rings (SSSR count). The van der Waals surface area contributed by atoms with E-state index < -0.39 is 11.6 Å². The molecular weight excluding hydrogens is 464 g/mol. The summed E-state index contributed by atoms with van der Waals surface area (Å²) in [5.74, 6) is -1.83. The summed E-state index contributed by atoms with van der Waals surface area (Å²) >= 11 is 0. The van der Waals surface area contributed by atoms with Crippen molar-refractivity contribution in [2.24, 2.45) is 17.4 Å². The molecule has 5 N–H and O–H groups in total. The summed E-state index contributed by atoms with van der Waals surface area (Å²) in [6.45, 7) is 8.40. The lowest BCUT2D eigenvalue weighted by Gasteiger charge is -2.31. The van der Waals surface area contributed by atoms with Crippen LogP contribution in [0.25, 0.3) is 5.70 Å². The van der Waals surface area contributed by atoms with Crippen molar-refractivity contribution in [2.45, 2.75) is 65.8 Å². The number of rotatable bonds is 6. The Labute approximate surface area is 211 Å². The van der Waals surface area contributed by atoms with E-state index in [2.05, 4.69) is 10.2 Å². The van der Waals surface area contributed by atoms with Crippen LogP contribution in [0.15, 0.2) is 52.5 Å². The molecule has 196 valence electrons. The van der Waals surface area contributed by atoms with Crippen LogP contribution < -0.4 is 17.0 Å². The Bertz CT molecular complexity index is 1110. The molecule has 1 amide bonds. The van der Waals surface area contributed by atoms with E-state index in [-0.39, 0.29) is 40.4 Å². The summed E-state index contributed by atoms with van der Waals surface area (Å²) in [4.78, 5) is 26.0. The van der Waals surface area contributed by atoms with Crippen LogP contribution >= 0.6 is 0 Å². The Morgan fingerprint density at radius 3 is 2.31 bits per heavy atom. The number of halogens is 2. The quantitative estimate of drug-likeness (QED) is 0.529. The zero-order valence-corrected chi connectivity index (χ0v) is 21.5. The first-order valence-corrected chi connectivity index (χ1v) is 12.6. The van der Waals surface area contributed by atoms with Gasteiger partial charge in [-0.2, -0.15) is 5.10 Å². The van der Waals surface area contributed by atoms with Gasteiger partial charge in [-0.25, -0.2) is 13.9 Å². The molecule has 2 aromatic rings. The molecule has 2 aliphatic carbocycles. The van der Waals surface area contributed by atoms with E-state index in [4.69, 9.17) is 11.5 Å². The molecule has 0 radical (unpaired) electrons. The minimum Gasteiger partial charge on any atom is -0.402 e. The van der Waals surface area contributed by atoms with Gasteiger partial charge in [-0.15, -0.1) is 0 Å². The molecule has 36 heavy (non-hydrogen) atoms. The second-order valence-electron chi connectivity index (χ2n) is 8.26. The smallest absolute Gasteiger partial charge is 0.274 e. The van der Waals surface area contributed by atoms with Gasteiger partial charge in [-0.05, 0) is 62.0 Å². The number of hydrogen-bond donors (Lipinski definition) is 3. The number of carbonyl (C=O) groups excluding carboxylic acids is 1. The van der Waals surface area contributed by atoms with Gasteiger partial charge in [0.15, 0.2) is 0 Å². The van der Waals surface area contributed by atoms with Gasteiger partial charge in [0, 0.05) is 36.0 Å². The van der Waals surface area contributed by atoms with Crippen LogP contribution in [0, 0.1) is 17.6 Å². The summed E-state index contributed by atoms with van der Waals surface area (Å²) in [6, 6.07) is 6.39. The molecule has 1 unspecified atom stereocenters. The third-order valence-corrected chi connectivity index (χ3v) is 5.95. The first-order valence-electron chi connectivity index (χ1n) is 12.6. The van der Waals surface area contributed by atoms with Gasteiger partial charge in [0.1, 0.15) is 17.3 Å². The monoisotopic (exact) mass is 501 g/mol. The van der Waals surface area contributed by atoms with Crippen LogP contribution in [0.5, 0.6) is 0 Å². The van der Waals surface area contributed by atoms with Gasteiger partial charge in [0.2, 0.25) is 0 Å². The Morgan fingerprint density at radius 1 is 1.11 bits per heavy atom. The molecule has 1 aromatic carbocycles. The lowest BCUT2D eigenvalue weighted by Crippen LogP contribution is -2.40. The van der Waals surface area contributed by atoms with Gasteiger partial charge >= 0.3 is 0 Å². The third-order valence-electron chi connectivity index (χ3n) is 5.95. The topological polar surface area (TPSA) is 118 Å². The molecule has 1 fully saturated rings. The standard InChI is InChI=1S/C23H25F2N5O2.2C2H6/c24-16-5-2-6-17(25)21(16)18(26)11-13-3-1-4-14(22(13)27)12-30(15-7-8-15)23(32)19-9-10-20(31)29-28-19;2*1-2/h2,5-6,9-11,14-15H,1,3-4,7-8,12,26-27H2,(H,29,31);2*1-2H3/b18-11-;;. The number of nitrogens with one attached hydrogen (secondary N) is 1. The molecular formula is C27H37F2N5O2. The van der Waals surface area contributed by atoms with Gasteiger partial charge in [0.05, 0.1) is 5.56 Å². The van der Waals surface area contributed by atoms with Crippen LogP contribution in [0.2, 0.25) is 0 Å².